The number of hydrogen-bond donors (Lipinski definition) is 1. The zero-order valence-electron chi connectivity index (χ0n) is 10.4. The molecule has 4 rings (SSSR count). The Morgan fingerprint density at radius 2 is 1.16 bits per heavy atom. The molecule has 0 fully saturated rings. The van der Waals surface area contributed by atoms with Gasteiger partial charge in [0.25, 0.3) is 0 Å². The maximum absolute atomic E-state index is 6.21. The number of rotatable bonds is 0. The Kier molecular flexibility index (Phi) is 2.11. The molecule has 0 bridgehead atoms. The minimum absolute atomic E-state index is 0.847. The van der Waals surface area contributed by atoms with Crippen molar-refractivity contribution in [1.82, 2.24) is 0 Å². The van der Waals surface area contributed by atoms with E-state index in [1.54, 1.807) is 0 Å². The average Bonchev–Trinajstić information content (AvgIpc) is 2.47. The van der Waals surface area contributed by atoms with E-state index in [4.69, 9.17) is 5.73 Å². The van der Waals surface area contributed by atoms with Crippen LogP contribution in [-0.4, -0.2) is 0 Å². The fourth-order valence-electron chi connectivity index (χ4n) is 2.89. The van der Waals surface area contributed by atoms with Crippen molar-refractivity contribution in [3.63, 3.8) is 0 Å². The predicted molar refractivity (Wildman–Crippen MR) is 80.5 cm³/mol. The molecule has 0 aliphatic rings. The maximum Gasteiger partial charge on any atom is 0.185 e. The molecule has 0 atom stereocenters. The molecule has 1 nitrogen and oxygen atoms in total. The highest BCUT2D eigenvalue weighted by atomic mass is 14.5. The summed E-state index contributed by atoms with van der Waals surface area (Å²) >= 11 is 0. The summed E-state index contributed by atoms with van der Waals surface area (Å²) in [6, 6.07) is 23.2. The van der Waals surface area contributed by atoms with E-state index in [9.17, 15) is 0 Å². The van der Waals surface area contributed by atoms with Crippen LogP contribution < -0.4 is 5.73 Å². The molecule has 2 N–H and O–H groups in total. The van der Waals surface area contributed by atoms with Crippen molar-refractivity contribution < 1.29 is 5.73 Å². The van der Waals surface area contributed by atoms with Crippen LogP contribution in [0.3, 0.4) is 0 Å². The van der Waals surface area contributed by atoms with Crippen LogP contribution >= 0.6 is 0 Å². The van der Waals surface area contributed by atoms with Crippen LogP contribution in [0, 0.1) is 0 Å². The Labute approximate surface area is 111 Å². The highest BCUT2D eigenvalue weighted by Crippen LogP contribution is 2.33. The second kappa shape index (κ2) is 3.81. The first-order chi connectivity index (χ1) is 9.34. The van der Waals surface area contributed by atoms with Crippen LogP contribution in [0.15, 0.2) is 66.7 Å². The third kappa shape index (κ3) is 1.46. The van der Waals surface area contributed by atoms with E-state index in [0.29, 0.717) is 0 Å². The Hall–Kier alpha value is -2.38. The molecular formula is C18H13N+. The molecule has 4 aromatic rings. The largest absolute Gasteiger partial charge is 0.185 e. The van der Waals surface area contributed by atoms with Gasteiger partial charge >= 0.3 is 0 Å². The highest BCUT2D eigenvalue weighted by Gasteiger charge is 2.09. The SMILES string of the molecule is [NH2+]c1cc2c3ccccc3ccc2c2ccccc12. The van der Waals surface area contributed by atoms with Gasteiger partial charge in [-0.15, -0.1) is 0 Å². The van der Waals surface area contributed by atoms with Crippen LogP contribution in [0.5, 0.6) is 0 Å². The molecular weight excluding hydrogens is 230 g/mol. The van der Waals surface area contributed by atoms with Gasteiger partial charge in [0.1, 0.15) is 0 Å². The highest BCUT2D eigenvalue weighted by molar-refractivity contribution is 6.19. The summed E-state index contributed by atoms with van der Waals surface area (Å²) in [5, 5.41) is 7.37. The smallest absolute Gasteiger partial charge is 0.159 e. The van der Waals surface area contributed by atoms with Crippen molar-refractivity contribution in [2.24, 2.45) is 0 Å². The second-order valence-electron chi connectivity index (χ2n) is 4.89. The molecule has 0 unspecified atom stereocenters. The number of nitrogens with two attached hydrogens (primary N) is 1. The second-order valence-corrected chi connectivity index (χ2v) is 4.89. The lowest BCUT2D eigenvalue weighted by Gasteiger charge is -2.07. The lowest BCUT2D eigenvalue weighted by Crippen LogP contribution is -2.40. The monoisotopic (exact) mass is 243 g/mol. The van der Waals surface area contributed by atoms with Crippen LogP contribution in [0.1, 0.15) is 0 Å². The number of anilines is 1. The zero-order valence-corrected chi connectivity index (χ0v) is 10.4. The molecule has 1 heteroatoms. The molecule has 0 spiro atoms. The van der Waals surface area contributed by atoms with Gasteiger partial charge in [0, 0.05) is 11.5 Å². The van der Waals surface area contributed by atoms with Gasteiger partial charge in [-0.1, -0.05) is 54.6 Å². The zero-order chi connectivity index (χ0) is 12.8. The number of nitrogen functional groups attached to an aromatic ring is 1. The van der Waals surface area contributed by atoms with Crippen molar-refractivity contribution >= 4 is 38.0 Å². The van der Waals surface area contributed by atoms with Crippen LogP contribution in [0.4, 0.5) is 5.69 Å². The van der Waals surface area contributed by atoms with Gasteiger partial charge in [-0.05, 0) is 33.0 Å². The summed E-state index contributed by atoms with van der Waals surface area (Å²) in [5.74, 6) is 0. The summed E-state index contributed by atoms with van der Waals surface area (Å²) < 4.78 is 0. The summed E-state index contributed by atoms with van der Waals surface area (Å²) in [6.45, 7) is 0. The van der Waals surface area contributed by atoms with E-state index < -0.39 is 0 Å². The van der Waals surface area contributed by atoms with Gasteiger partial charge in [-0.2, -0.15) is 5.73 Å². The molecule has 0 aromatic heterocycles. The Balaban J connectivity index is 2.34. The van der Waals surface area contributed by atoms with Gasteiger partial charge in [0.2, 0.25) is 0 Å². The molecule has 0 aliphatic carbocycles. The maximum atomic E-state index is 6.21. The fraction of sp³-hybridized carbons (Fsp3) is 0. The molecule has 0 saturated carbocycles. The quantitative estimate of drug-likeness (QED) is 0.359. The molecule has 1 radical (unpaired) electrons. The van der Waals surface area contributed by atoms with Crippen molar-refractivity contribution in [1.29, 1.82) is 0 Å². The topological polar surface area (TPSA) is 25.3 Å². The predicted octanol–water partition coefficient (Wildman–Crippen LogP) is 3.81. The van der Waals surface area contributed by atoms with Crippen molar-refractivity contribution in [3.8, 4) is 0 Å². The molecule has 89 valence electrons. The molecule has 4 aromatic carbocycles. The Morgan fingerprint density at radius 1 is 0.526 bits per heavy atom. The van der Waals surface area contributed by atoms with Gasteiger partial charge in [-0.3, -0.25) is 0 Å². The first-order valence-electron chi connectivity index (χ1n) is 6.43. The first kappa shape index (κ1) is 10.5. The molecule has 0 heterocycles. The normalized spacial score (nSPS) is 11.4. The minimum Gasteiger partial charge on any atom is -0.159 e. The summed E-state index contributed by atoms with van der Waals surface area (Å²) in [6.07, 6.45) is 0. The molecule has 0 amide bonds. The first-order valence-corrected chi connectivity index (χ1v) is 6.43. The van der Waals surface area contributed by atoms with E-state index in [1.165, 1.54) is 26.9 Å². The van der Waals surface area contributed by atoms with Crippen molar-refractivity contribution in [2.45, 2.75) is 0 Å². The average molecular weight is 243 g/mol. The lowest BCUT2D eigenvalue weighted by molar-refractivity contribution is -0.252. The van der Waals surface area contributed by atoms with Crippen molar-refractivity contribution in [3.05, 3.63) is 66.7 Å². The lowest BCUT2D eigenvalue weighted by atomic mass is 9.96. The van der Waals surface area contributed by atoms with Crippen molar-refractivity contribution in [2.75, 3.05) is 0 Å². The summed E-state index contributed by atoms with van der Waals surface area (Å²) in [5.41, 5.74) is 7.06. The number of benzene rings is 4. The van der Waals surface area contributed by atoms with Gasteiger partial charge < -0.3 is 0 Å². The standard InChI is InChI=1S/C18H13N/c19-18-11-17-13-6-2-1-5-12(13)9-10-15(17)14-7-3-4-8-16(14)18/h1-11H,19H2/q+1. The van der Waals surface area contributed by atoms with Gasteiger partial charge in [0.15, 0.2) is 5.69 Å². The molecule has 19 heavy (non-hydrogen) atoms. The Morgan fingerprint density at radius 3 is 2.00 bits per heavy atom. The van der Waals surface area contributed by atoms with E-state index in [0.717, 1.165) is 11.1 Å². The van der Waals surface area contributed by atoms with E-state index in [2.05, 4.69) is 60.7 Å². The summed E-state index contributed by atoms with van der Waals surface area (Å²) in [7, 11) is 0. The van der Waals surface area contributed by atoms with Crippen LogP contribution in [0.25, 0.3) is 32.3 Å². The summed E-state index contributed by atoms with van der Waals surface area (Å²) in [4.78, 5) is 0. The fourth-order valence-corrected chi connectivity index (χ4v) is 2.89. The molecule has 0 saturated heterocycles. The van der Waals surface area contributed by atoms with Crippen LogP contribution in [-0.2, 0) is 0 Å². The Bertz CT molecular complexity index is 922. The minimum atomic E-state index is 0.847. The van der Waals surface area contributed by atoms with E-state index in [-0.39, 0.29) is 0 Å². The van der Waals surface area contributed by atoms with E-state index >= 15 is 0 Å². The third-order valence-corrected chi connectivity index (χ3v) is 3.80. The molecule has 0 aliphatic heterocycles. The van der Waals surface area contributed by atoms with Crippen LogP contribution in [0.2, 0.25) is 0 Å². The third-order valence-electron chi connectivity index (χ3n) is 3.80. The van der Waals surface area contributed by atoms with E-state index in [1.807, 2.05) is 6.07 Å². The van der Waals surface area contributed by atoms with Gasteiger partial charge in [-0.25, -0.2) is 0 Å². The number of hydrogen-bond acceptors (Lipinski definition) is 1. The van der Waals surface area contributed by atoms with Gasteiger partial charge in [0.05, 0.1) is 0 Å². The number of fused-ring (bicyclic) bond motifs is 5.